The Morgan fingerprint density at radius 2 is 1.91 bits per heavy atom. The average molecular weight is 636 g/mol. The summed E-state index contributed by atoms with van der Waals surface area (Å²) in [5.41, 5.74) is 1.29. The van der Waals surface area contributed by atoms with E-state index in [0.29, 0.717) is 37.9 Å². The lowest BCUT2D eigenvalue weighted by atomic mass is 9.91. The number of nitrogens with one attached hydrogen (secondary N) is 3. The summed E-state index contributed by atoms with van der Waals surface area (Å²) in [7, 11) is 6.31. The number of carbonyl (C=O) groups excluding carboxylic acids is 2. The SMILES string of the molecule is CCCC1=CNC(C)(N2CCC(CCCOC3=CC(F)=C(CC(=O)N4CC(C(=O)NCCC[N+](C)(C)C)C4)C(F)C3)CC2)NC1. The Morgan fingerprint density at radius 1 is 1.18 bits per heavy atom. The fourth-order valence-electron chi connectivity index (χ4n) is 6.63. The minimum atomic E-state index is -1.59. The van der Waals surface area contributed by atoms with Gasteiger partial charge >= 0.3 is 0 Å². The lowest BCUT2D eigenvalue weighted by Crippen LogP contribution is -2.67. The molecule has 254 valence electrons. The minimum absolute atomic E-state index is 0.0558. The van der Waals surface area contributed by atoms with Gasteiger partial charge in [0.05, 0.1) is 46.6 Å². The quantitative estimate of drug-likeness (QED) is 0.187. The zero-order valence-corrected chi connectivity index (χ0v) is 28.2. The highest BCUT2D eigenvalue weighted by Gasteiger charge is 2.38. The van der Waals surface area contributed by atoms with Gasteiger partial charge in [0, 0.05) is 63.8 Å². The van der Waals surface area contributed by atoms with E-state index in [1.54, 1.807) is 0 Å². The molecule has 11 heteroatoms. The summed E-state index contributed by atoms with van der Waals surface area (Å²) in [5.74, 6) is -0.677. The molecular weight excluding hydrogens is 578 g/mol. The van der Waals surface area contributed by atoms with Crippen LogP contribution in [0.2, 0.25) is 0 Å². The van der Waals surface area contributed by atoms with Gasteiger partial charge in [-0.25, -0.2) is 8.78 Å². The van der Waals surface area contributed by atoms with Gasteiger partial charge in [0.1, 0.15) is 23.5 Å². The van der Waals surface area contributed by atoms with E-state index in [9.17, 15) is 18.4 Å². The molecule has 45 heavy (non-hydrogen) atoms. The number of nitrogens with zero attached hydrogens (tertiary/aromatic N) is 3. The molecule has 2 fully saturated rings. The Balaban J connectivity index is 1.11. The first-order valence-electron chi connectivity index (χ1n) is 17.0. The predicted molar refractivity (Wildman–Crippen MR) is 173 cm³/mol. The van der Waals surface area contributed by atoms with Crippen LogP contribution in [0.1, 0.15) is 71.6 Å². The van der Waals surface area contributed by atoms with Crippen LogP contribution < -0.4 is 16.0 Å². The minimum Gasteiger partial charge on any atom is -0.498 e. The first kappa shape index (κ1) is 35.4. The van der Waals surface area contributed by atoms with Crippen LogP contribution in [-0.2, 0) is 14.3 Å². The molecule has 0 aromatic rings. The number of amides is 2. The van der Waals surface area contributed by atoms with Crippen LogP contribution in [0.4, 0.5) is 8.78 Å². The fourth-order valence-corrected chi connectivity index (χ4v) is 6.63. The van der Waals surface area contributed by atoms with Crippen LogP contribution in [0.25, 0.3) is 0 Å². The second kappa shape index (κ2) is 15.9. The van der Waals surface area contributed by atoms with Crippen molar-refractivity contribution in [2.75, 3.05) is 73.6 Å². The number of rotatable bonds is 15. The van der Waals surface area contributed by atoms with Crippen LogP contribution in [0.3, 0.4) is 0 Å². The van der Waals surface area contributed by atoms with Gasteiger partial charge in [0.25, 0.3) is 0 Å². The van der Waals surface area contributed by atoms with E-state index in [1.807, 2.05) is 0 Å². The Morgan fingerprint density at radius 3 is 2.53 bits per heavy atom. The fraction of sp³-hybridized carbons (Fsp3) is 0.765. The van der Waals surface area contributed by atoms with Gasteiger partial charge in [0.2, 0.25) is 11.8 Å². The van der Waals surface area contributed by atoms with Gasteiger partial charge in [-0.15, -0.1) is 0 Å². The monoisotopic (exact) mass is 635 g/mol. The number of quaternary nitrogens is 1. The van der Waals surface area contributed by atoms with Crippen LogP contribution in [0.5, 0.6) is 0 Å². The number of hydrogen-bond acceptors (Lipinski definition) is 6. The summed E-state index contributed by atoms with van der Waals surface area (Å²) in [6.45, 7) is 9.95. The molecular formula is C34H57F2N6O3+. The maximum absolute atomic E-state index is 15.0. The Kier molecular flexibility index (Phi) is 12.5. The van der Waals surface area contributed by atoms with Crippen LogP contribution in [0, 0.1) is 11.8 Å². The number of ether oxygens (including phenoxy) is 1. The molecule has 2 atom stereocenters. The number of alkyl halides is 1. The van der Waals surface area contributed by atoms with Gasteiger partial charge in [0.15, 0.2) is 0 Å². The molecule has 2 unspecified atom stereocenters. The van der Waals surface area contributed by atoms with Crippen molar-refractivity contribution in [1.29, 1.82) is 0 Å². The Labute approximate surface area is 269 Å². The topological polar surface area (TPSA) is 85.9 Å². The molecule has 0 bridgehead atoms. The Bertz CT molecular complexity index is 1120. The van der Waals surface area contributed by atoms with E-state index in [-0.39, 0.29) is 41.9 Å². The summed E-state index contributed by atoms with van der Waals surface area (Å²) in [6, 6.07) is 0. The van der Waals surface area contributed by atoms with Gasteiger partial charge in [-0.1, -0.05) is 13.3 Å². The zero-order valence-electron chi connectivity index (χ0n) is 28.2. The highest BCUT2D eigenvalue weighted by Crippen LogP contribution is 2.32. The summed E-state index contributed by atoms with van der Waals surface area (Å²) >= 11 is 0. The van der Waals surface area contributed by atoms with Crippen LogP contribution in [-0.4, -0.2) is 112 Å². The molecule has 4 aliphatic rings. The molecule has 2 amide bonds. The van der Waals surface area contributed by atoms with Crippen LogP contribution >= 0.6 is 0 Å². The molecule has 4 rings (SSSR count). The molecule has 0 radical (unpaired) electrons. The zero-order chi connectivity index (χ0) is 32.6. The molecule has 0 saturated carbocycles. The molecule has 1 aliphatic carbocycles. The summed E-state index contributed by atoms with van der Waals surface area (Å²) in [5, 5.41) is 10.2. The first-order valence-corrected chi connectivity index (χ1v) is 17.0. The molecule has 3 N–H and O–H groups in total. The molecule has 9 nitrogen and oxygen atoms in total. The molecule has 3 heterocycles. The van der Waals surface area contributed by atoms with Crippen molar-refractivity contribution in [2.24, 2.45) is 11.8 Å². The molecule has 0 spiro atoms. The highest BCUT2D eigenvalue weighted by atomic mass is 19.1. The number of allylic oxidation sites excluding steroid dienone is 3. The van der Waals surface area contributed by atoms with Gasteiger partial charge in [-0.2, -0.15) is 0 Å². The maximum Gasteiger partial charge on any atom is 0.226 e. The number of piperidine rings is 1. The molecule has 0 aromatic carbocycles. The second-order valence-corrected chi connectivity index (χ2v) is 14.5. The van der Waals surface area contributed by atoms with E-state index in [0.717, 1.165) is 75.6 Å². The van der Waals surface area contributed by atoms with E-state index >= 15 is 0 Å². The summed E-state index contributed by atoms with van der Waals surface area (Å²) < 4.78 is 36.4. The molecule has 2 saturated heterocycles. The van der Waals surface area contributed by atoms with Crippen molar-refractivity contribution in [1.82, 2.24) is 25.8 Å². The largest absolute Gasteiger partial charge is 0.498 e. The Hall–Kier alpha value is -2.50. The van der Waals surface area contributed by atoms with Crippen LogP contribution in [0.15, 0.2) is 35.0 Å². The van der Waals surface area contributed by atoms with E-state index < -0.39 is 12.0 Å². The smallest absolute Gasteiger partial charge is 0.226 e. The number of halogens is 2. The molecule has 0 aromatic heterocycles. The third-order valence-corrected chi connectivity index (χ3v) is 9.68. The van der Waals surface area contributed by atoms with E-state index in [1.165, 1.54) is 16.5 Å². The maximum atomic E-state index is 15.0. The number of hydrogen-bond donors (Lipinski definition) is 3. The van der Waals surface area contributed by atoms with Crippen molar-refractivity contribution < 1.29 is 27.6 Å². The van der Waals surface area contributed by atoms with Crippen molar-refractivity contribution in [3.8, 4) is 0 Å². The predicted octanol–water partition coefficient (Wildman–Crippen LogP) is 3.96. The standard InChI is InChI=1S/C34H56F2N6O3/c1-6-9-26-21-38-34(2,39-22-26)41-14-11-25(12-15-41)10-7-17-45-28-18-30(35)29(31(36)19-28)20-32(43)40-23-27(24-40)33(44)37-13-8-16-42(3,4)5/h18,21,25,27,31,38-39H,6-17,19-20,22-24H2,1-5H3/p+1. The van der Waals surface area contributed by atoms with Gasteiger partial charge in [-0.05, 0) is 56.7 Å². The average Bonchev–Trinajstić information content (AvgIpc) is 2.96. The summed E-state index contributed by atoms with van der Waals surface area (Å²) in [6.07, 6.45) is 8.73. The highest BCUT2D eigenvalue weighted by molar-refractivity contribution is 5.85. The van der Waals surface area contributed by atoms with Gasteiger partial charge in [-0.3, -0.25) is 19.8 Å². The van der Waals surface area contributed by atoms with E-state index in [4.69, 9.17) is 4.74 Å². The van der Waals surface area contributed by atoms with E-state index in [2.05, 4.69) is 62.0 Å². The van der Waals surface area contributed by atoms with Crippen molar-refractivity contribution >= 4 is 11.8 Å². The van der Waals surface area contributed by atoms with Crippen molar-refractivity contribution in [3.63, 3.8) is 0 Å². The van der Waals surface area contributed by atoms with Crippen molar-refractivity contribution in [3.05, 3.63) is 35.0 Å². The lowest BCUT2D eigenvalue weighted by molar-refractivity contribution is -0.870. The van der Waals surface area contributed by atoms with Gasteiger partial charge < -0.3 is 24.8 Å². The number of likely N-dealkylation sites (tertiary alicyclic amines) is 2. The normalized spacial score (nSPS) is 25.3. The first-order chi connectivity index (χ1) is 21.4. The molecule has 3 aliphatic heterocycles. The van der Waals surface area contributed by atoms with Crippen molar-refractivity contribution in [2.45, 2.75) is 83.6 Å². The third-order valence-electron chi connectivity index (χ3n) is 9.68. The third kappa shape index (κ3) is 10.2. The lowest BCUT2D eigenvalue weighted by Gasteiger charge is -2.47. The summed E-state index contributed by atoms with van der Waals surface area (Å²) in [4.78, 5) is 29.0. The number of carbonyl (C=O) groups is 2. The second-order valence-electron chi connectivity index (χ2n) is 14.5.